The highest BCUT2D eigenvalue weighted by atomic mass is 16.3. The minimum Gasteiger partial charge on any atom is -0.469 e. The van der Waals surface area contributed by atoms with Gasteiger partial charge in [0.2, 0.25) is 0 Å². The molecule has 0 radical (unpaired) electrons. The number of aliphatic hydroxyl groups is 1. The second kappa shape index (κ2) is 6.24. The van der Waals surface area contributed by atoms with E-state index < -0.39 is 0 Å². The Labute approximate surface area is 114 Å². The Morgan fingerprint density at radius 1 is 1.53 bits per heavy atom. The number of hydrogen-bond donors (Lipinski definition) is 1. The number of aliphatic hydroxyl groups excluding tert-OH is 1. The average Bonchev–Trinajstić information content (AvgIpc) is 2.65. The third kappa shape index (κ3) is 3.60. The third-order valence-electron chi connectivity index (χ3n) is 3.73. The lowest BCUT2D eigenvalue weighted by molar-refractivity contribution is 0.0606. The summed E-state index contributed by atoms with van der Waals surface area (Å²) in [6, 6.07) is 1.93. The van der Waals surface area contributed by atoms with Crippen LogP contribution >= 0.6 is 0 Å². The van der Waals surface area contributed by atoms with Crippen molar-refractivity contribution in [1.29, 1.82) is 0 Å². The molecule has 0 bridgehead atoms. The predicted molar refractivity (Wildman–Crippen MR) is 73.0 cm³/mol. The third-order valence-corrected chi connectivity index (χ3v) is 3.73. The molecule has 0 spiro atoms. The van der Waals surface area contributed by atoms with Gasteiger partial charge in [0.25, 0.3) is 5.91 Å². The van der Waals surface area contributed by atoms with Gasteiger partial charge in [-0.3, -0.25) is 4.79 Å². The molecule has 1 aliphatic heterocycles. The van der Waals surface area contributed by atoms with Crippen LogP contribution in [0.25, 0.3) is 0 Å². The van der Waals surface area contributed by atoms with E-state index in [1.54, 1.807) is 13.0 Å². The molecule has 1 N–H and O–H groups in total. The fraction of sp³-hybridized carbons (Fsp3) is 0.667. The molecule has 2 atom stereocenters. The predicted octanol–water partition coefficient (Wildman–Crippen LogP) is 2.74. The van der Waals surface area contributed by atoms with Crippen molar-refractivity contribution in [2.24, 2.45) is 0 Å². The van der Waals surface area contributed by atoms with E-state index in [9.17, 15) is 9.90 Å². The quantitative estimate of drug-likeness (QED) is 0.914. The Bertz CT molecular complexity index is 425. The molecule has 2 unspecified atom stereocenters. The van der Waals surface area contributed by atoms with Crippen molar-refractivity contribution in [2.75, 3.05) is 6.54 Å². The summed E-state index contributed by atoms with van der Waals surface area (Å²) in [5, 5.41) is 9.61. The molecule has 1 aliphatic rings. The van der Waals surface area contributed by atoms with Crippen LogP contribution < -0.4 is 0 Å². The summed E-state index contributed by atoms with van der Waals surface area (Å²) in [6.45, 7) is 4.41. The standard InChI is InChI=1S/C15H23NO3/c1-11(17)8-14-6-4-3-5-7-16(14)15(18)13-9-12(2)19-10-13/h9-11,14,17H,3-8H2,1-2H3. The van der Waals surface area contributed by atoms with E-state index in [1.807, 2.05) is 11.8 Å². The van der Waals surface area contributed by atoms with Gasteiger partial charge >= 0.3 is 0 Å². The van der Waals surface area contributed by atoms with Gasteiger partial charge in [0, 0.05) is 12.6 Å². The Kier molecular flexibility index (Phi) is 4.64. The average molecular weight is 265 g/mol. The molecular weight excluding hydrogens is 242 g/mol. The molecule has 2 heterocycles. The lowest BCUT2D eigenvalue weighted by Gasteiger charge is -2.30. The molecule has 1 aromatic heterocycles. The largest absolute Gasteiger partial charge is 0.469 e. The highest BCUT2D eigenvalue weighted by Crippen LogP contribution is 2.23. The van der Waals surface area contributed by atoms with Crippen molar-refractivity contribution < 1.29 is 14.3 Å². The molecule has 1 fully saturated rings. The molecule has 2 rings (SSSR count). The van der Waals surface area contributed by atoms with E-state index >= 15 is 0 Å². The summed E-state index contributed by atoms with van der Waals surface area (Å²) in [5.41, 5.74) is 0.620. The zero-order chi connectivity index (χ0) is 13.8. The lowest BCUT2D eigenvalue weighted by Crippen LogP contribution is -2.41. The summed E-state index contributed by atoms with van der Waals surface area (Å²) >= 11 is 0. The number of rotatable bonds is 3. The highest BCUT2D eigenvalue weighted by molar-refractivity contribution is 5.94. The van der Waals surface area contributed by atoms with Crippen LogP contribution in [0.15, 0.2) is 16.7 Å². The Morgan fingerprint density at radius 2 is 2.32 bits per heavy atom. The number of carbonyl (C=O) groups excluding carboxylic acids is 1. The smallest absolute Gasteiger partial charge is 0.257 e. The minimum absolute atomic E-state index is 0.0319. The summed E-state index contributed by atoms with van der Waals surface area (Å²) in [4.78, 5) is 14.5. The van der Waals surface area contributed by atoms with Crippen molar-refractivity contribution >= 4 is 5.91 Å². The zero-order valence-electron chi connectivity index (χ0n) is 11.8. The van der Waals surface area contributed by atoms with Crippen molar-refractivity contribution in [1.82, 2.24) is 4.90 Å². The van der Waals surface area contributed by atoms with Crippen LogP contribution in [0.4, 0.5) is 0 Å². The van der Waals surface area contributed by atoms with Gasteiger partial charge in [0.1, 0.15) is 12.0 Å². The first kappa shape index (κ1) is 14.1. The van der Waals surface area contributed by atoms with E-state index in [-0.39, 0.29) is 18.1 Å². The number of amides is 1. The number of carbonyl (C=O) groups is 1. The molecule has 4 nitrogen and oxygen atoms in total. The van der Waals surface area contributed by atoms with Gasteiger partial charge in [-0.1, -0.05) is 12.8 Å². The molecular formula is C15H23NO3. The van der Waals surface area contributed by atoms with Crippen LogP contribution in [0.5, 0.6) is 0 Å². The van der Waals surface area contributed by atoms with Crippen molar-refractivity contribution in [3.63, 3.8) is 0 Å². The Hall–Kier alpha value is -1.29. The number of likely N-dealkylation sites (tertiary alicyclic amines) is 1. The molecule has 19 heavy (non-hydrogen) atoms. The molecule has 0 aromatic carbocycles. The van der Waals surface area contributed by atoms with E-state index in [0.717, 1.165) is 38.0 Å². The van der Waals surface area contributed by atoms with Crippen LogP contribution in [0.2, 0.25) is 0 Å². The van der Waals surface area contributed by atoms with Crippen molar-refractivity contribution in [2.45, 2.75) is 58.1 Å². The SMILES string of the molecule is Cc1cc(C(=O)N2CCCCCC2CC(C)O)co1. The monoisotopic (exact) mass is 265 g/mol. The van der Waals surface area contributed by atoms with E-state index in [0.29, 0.717) is 12.0 Å². The number of aryl methyl sites for hydroxylation is 1. The number of nitrogens with zero attached hydrogens (tertiary/aromatic N) is 1. The van der Waals surface area contributed by atoms with Gasteiger partial charge < -0.3 is 14.4 Å². The molecule has 0 saturated carbocycles. The fourth-order valence-electron chi connectivity index (χ4n) is 2.80. The molecule has 4 heteroatoms. The first-order chi connectivity index (χ1) is 9.08. The zero-order valence-corrected chi connectivity index (χ0v) is 11.8. The normalized spacial score (nSPS) is 22.1. The molecule has 1 saturated heterocycles. The summed E-state index contributed by atoms with van der Waals surface area (Å²) < 4.78 is 5.23. The van der Waals surface area contributed by atoms with Gasteiger partial charge in [-0.25, -0.2) is 0 Å². The van der Waals surface area contributed by atoms with Gasteiger partial charge in [0.05, 0.1) is 11.7 Å². The molecule has 1 aromatic rings. The van der Waals surface area contributed by atoms with Crippen molar-refractivity contribution in [3.05, 3.63) is 23.7 Å². The topological polar surface area (TPSA) is 53.7 Å². The van der Waals surface area contributed by atoms with Crippen LogP contribution in [0, 0.1) is 6.92 Å². The van der Waals surface area contributed by atoms with E-state index in [1.165, 1.54) is 6.26 Å². The molecule has 1 amide bonds. The van der Waals surface area contributed by atoms with Crippen molar-refractivity contribution in [3.8, 4) is 0 Å². The van der Waals surface area contributed by atoms with Crippen LogP contribution in [-0.4, -0.2) is 34.6 Å². The molecule has 0 aliphatic carbocycles. The summed E-state index contributed by atoms with van der Waals surface area (Å²) in [6.07, 6.45) is 6.12. The number of hydrogen-bond acceptors (Lipinski definition) is 3. The minimum atomic E-state index is -0.371. The lowest BCUT2D eigenvalue weighted by atomic mass is 10.0. The summed E-state index contributed by atoms with van der Waals surface area (Å²) in [7, 11) is 0. The van der Waals surface area contributed by atoms with Gasteiger partial charge in [-0.15, -0.1) is 0 Å². The Balaban J connectivity index is 2.14. The van der Waals surface area contributed by atoms with E-state index in [4.69, 9.17) is 4.42 Å². The van der Waals surface area contributed by atoms with Gasteiger partial charge in [-0.2, -0.15) is 0 Å². The number of furan rings is 1. The first-order valence-electron chi connectivity index (χ1n) is 7.12. The second-order valence-corrected chi connectivity index (χ2v) is 5.53. The van der Waals surface area contributed by atoms with Crippen LogP contribution in [0.1, 0.15) is 55.1 Å². The summed E-state index contributed by atoms with van der Waals surface area (Å²) in [5.74, 6) is 0.787. The molecule has 106 valence electrons. The van der Waals surface area contributed by atoms with Crippen LogP contribution in [0.3, 0.4) is 0 Å². The van der Waals surface area contributed by atoms with Crippen LogP contribution in [-0.2, 0) is 0 Å². The van der Waals surface area contributed by atoms with Gasteiger partial charge in [0.15, 0.2) is 0 Å². The fourth-order valence-corrected chi connectivity index (χ4v) is 2.80. The first-order valence-corrected chi connectivity index (χ1v) is 7.12. The van der Waals surface area contributed by atoms with E-state index in [2.05, 4.69) is 0 Å². The maximum atomic E-state index is 12.5. The second-order valence-electron chi connectivity index (χ2n) is 5.53. The maximum Gasteiger partial charge on any atom is 0.257 e. The highest BCUT2D eigenvalue weighted by Gasteiger charge is 2.27. The Morgan fingerprint density at radius 3 is 2.95 bits per heavy atom. The van der Waals surface area contributed by atoms with Gasteiger partial charge in [-0.05, 0) is 39.2 Å². The maximum absolute atomic E-state index is 12.5.